The summed E-state index contributed by atoms with van der Waals surface area (Å²) in [6.45, 7) is 1.65. The van der Waals surface area contributed by atoms with E-state index < -0.39 is 5.97 Å². The Morgan fingerprint density at radius 3 is 2.29 bits per heavy atom. The Balaban J connectivity index is 1.73. The van der Waals surface area contributed by atoms with Gasteiger partial charge in [-0.1, -0.05) is 11.6 Å². The van der Waals surface area contributed by atoms with Crippen LogP contribution in [-0.2, 0) is 14.3 Å². The van der Waals surface area contributed by atoms with Crippen molar-refractivity contribution in [2.75, 3.05) is 32.1 Å². The Hall–Kier alpha value is -3.06. The predicted octanol–water partition coefficient (Wildman–Crippen LogP) is 2.99. The van der Waals surface area contributed by atoms with E-state index in [1.54, 1.807) is 43.4 Å². The highest BCUT2D eigenvalue weighted by Gasteiger charge is 2.13. The maximum Gasteiger partial charge on any atom is 0.338 e. The molecule has 0 aliphatic carbocycles. The lowest BCUT2D eigenvalue weighted by Gasteiger charge is -2.17. The lowest BCUT2D eigenvalue weighted by atomic mass is 10.2. The van der Waals surface area contributed by atoms with Gasteiger partial charge in [-0.2, -0.15) is 0 Å². The minimum atomic E-state index is -0.617. The van der Waals surface area contributed by atoms with E-state index in [4.69, 9.17) is 21.1 Å². The Kier molecular flexibility index (Phi) is 7.83. The lowest BCUT2D eigenvalue weighted by Crippen LogP contribution is -2.34. The van der Waals surface area contributed by atoms with Gasteiger partial charge in [0.25, 0.3) is 5.91 Å². The topological polar surface area (TPSA) is 84.9 Å². The Morgan fingerprint density at radius 2 is 1.68 bits per heavy atom. The van der Waals surface area contributed by atoms with Crippen LogP contribution in [0.4, 0.5) is 5.69 Å². The van der Waals surface area contributed by atoms with E-state index in [9.17, 15) is 14.4 Å². The molecule has 2 aromatic carbocycles. The van der Waals surface area contributed by atoms with Gasteiger partial charge < -0.3 is 19.7 Å². The highest BCUT2D eigenvalue weighted by Crippen LogP contribution is 2.15. The van der Waals surface area contributed by atoms with E-state index in [0.717, 1.165) is 0 Å². The number of hydrogen-bond acceptors (Lipinski definition) is 5. The van der Waals surface area contributed by atoms with E-state index in [0.29, 0.717) is 29.6 Å². The molecule has 0 fully saturated rings. The molecule has 8 heteroatoms. The van der Waals surface area contributed by atoms with E-state index in [1.807, 2.05) is 0 Å². The average molecular weight is 405 g/mol. The van der Waals surface area contributed by atoms with Crippen molar-refractivity contribution in [3.63, 3.8) is 0 Å². The number of rotatable bonds is 8. The second-order valence-corrected chi connectivity index (χ2v) is 6.39. The fourth-order valence-corrected chi connectivity index (χ4v) is 2.30. The summed E-state index contributed by atoms with van der Waals surface area (Å²) in [6.07, 6.45) is 0. The number of ether oxygens (including phenoxy) is 2. The van der Waals surface area contributed by atoms with Gasteiger partial charge in [0.2, 0.25) is 5.91 Å². The van der Waals surface area contributed by atoms with Crippen LogP contribution in [-0.4, -0.2) is 49.5 Å². The van der Waals surface area contributed by atoms with Crippen LogP contribution in [0.2, 0.25) is 5.02 Å². The molecule has 0 atom stereocenters. The minimum Gasteiger partial charge on any atom is -0.492 e. The Bertz CT molecular complexity index is 821. The van der Waals surface area contributed by atoms with Crippen molar-refractivity contribution in [2.24, 2.45) is 0 Å². The van der Waals surface area contributed by atoms with Crippen molar-refractivity contribution in [1.29, 1.82) is 0 Å². The molecule has 2 amide bonds. The van der Waals surface area contributed by atoms with Crippen LogP contribution >= 0.6 is 11.6 Å². The summed E-state index contributed by atoms with van der Waals surface area (Å²) < 4.78 is 10.6. The zero-order valence-corrected chi connectivity index (χ0v) is 16.4. The second-order valence-electron chi connectivity index (χ2n) is 5.95. The fraction of sp³-hybridized carbons (Fsp3) is 0.250. The quantitative estimate of drug-likeness (QED) is 0.683. The van der Waals surface area contributed by atoms with Crippen molar-refractivity contribution in [3.8, 4) is 5.75 Å². The molecule has 2 aromatic rings. The first-order chi connectivity index (χ1) is 13.3. The van der Waals surface area contributed by atoms with Gasteiger partial charge in [0.1, 0.15) is 12.4 Å². The van der Waals surface area contributed by atoms with Crippen LogP contribution in [0.1, 0.15) is 17.3 Å². The summed E-state index contributed by atoms with van der Waals surface area (Å²) in [4.78, 5) is 36.5. The molecule has 0 bridgehead atoms. The summed E-state index contributed by atoms with van der Waals surface area (Å²) in [6, 6.07) is 13.1. The average Bonchev–Trinajstić information content (AvgIpc) is 2.67. The van der Waals surface area contributed by atoms with Crippen LogP contribution in [0.15, 0.2) is 48.5 Å². The number of esters is 1. The SMILES string of the molecule is CC(=O)Nc1ccc(C(=O)OCC(=O)N(C)CCOc2ccc(Cl)cc2)cc1. The summed E-state index contributed by atoms with van der Waals surface area (Å²) in [5.41, 5.74) is 0.858. The number of benzene rings is 2. The van der Waals surface area contributed by atoms with Crippen molar-refractivity contribution >= 4 is 35.1 Å². The number of likely N-dealkylation sites (N-methyl/N-ethyl adjacent to an activating group) is 1. The summed E-state index contributed by atoms with van der Waals surface area (Å²) in [5.74, 6) is -0.514. The van der Waals surface area contributed by atoms with Gasteiger partial charge in [-0.05, 0) is 48.5 Å². The molecular weight excluding hydrogens is 384 g/mol. The van der Waals surface area contributed by atoms with E-state index in [-0.39, 0.29) is 24.0 Å². The zero-order chi connectivity index (χ0) is 20.5. The second kappa shape index (κ2) is 10.3. The highest BCUT2D eigenvalue weighted by molar-refractivity contribution is 6.30. The first-order valence-electron chi connectivity index (χ1n) is 8.52. The van der Waals surface area contributed by atoms with Gasteiger partial charge >= 0.3 is 5.97 Å². The number of nitrogens with zero attached hydrogens (tertiary/aromatic N) is 1. The van der Waals surface area contributed by atoms with Crippen molar-refractivity contribution in [3.05, 3.63) is 59.1 Å². The number of halogens is 1. The maximum atomic E-state index is 12.1. The predicted molar refractivity (Wildman–Crippen MR) is 106 cm³/mol. The van der Waals surface area contributed by atoms with Crippen molar-refractivity contribution in [2.45, 2.75) is 6.92 Å². The van der Waals surface area contributed by atoms with Crippen LogP contribution < -0.4 is 10.1 Å². The minimum absolute atomic E-state index is 0.205. The molecule has 0 unspecified atom stereocenters. The number of nitrogens with one attached hydrogen (secondary N) is 1. The molecule has 2 rings (SSSR count). The number of hydrogen-bond donors (Lipinski definition) is 1. The molecule has 1 N–H and O–H groups in total. The Morgan fingerprint density at radius 1 is 1.04 bits per heavy atom. The van der Waals surface area contributed by atoms with Crippen LogP contribution in [0.5, 0.6) is 5.75 Å². The zero-order valence-electron chi connectivity index (χ0n) is 15.6. The van der Waals surface area contributed by atoms with Gasteiger partial charge in [0, 0.05) is 24.7 Å². The Labute approximate surface area is 168 Å². The molecule has 148 valence electrons. The standard InChI is InChI=1S/C20H21ClN2O5/c1-14(24)22-17-7-3-15(4-8-17)20(26)28-13-19(25)23(2)11-12-27-18-9-5-16(21)6-10-18/h3-10H,11-13H2,1-2H3,(H,22,24). The summed E-state index contributed by atoms with van der Waals surface area (Å²) >= 11 is 5.80. The van der Waals surface area contributed by atoms with Crippen LogP contribution in [0.3, 0.4) is 0 Å². The van der Waals surface area contributed by atoms with Gasteiger partial charge in [0.15, 0.2) is 6.61 Å². The molecule has 0 saturated carbocycles. The first-order valence-corrected chi connectivity index (χ1v) is 8.90. The largest absolute Gasteiger partial charge is 0.492 e. The summed E-state index contributed by atoms with van der Waals surface area (Å²) in [7, 11) is 1.60. The molecule has 7 nitrogen and oxygen atoms in total. The molecule has 0 heterocycles. The van der Waals surface area contributed by atoms with Gasteiger partial charge in [-0.25, -0.2) is 4.79 Å². The molecule has 0 radical (unpaired) electrons. The molecule has 0 spiro atoms. The normalized spacial score (nSPS) is 10.1. The van der Waals surface area contributed by atoms with Gasteiger partial charge in [-0.3, -0.25) is 9.59 Å². The van der Waals surface area contributed by atoms with E-state index >= 15 is 0 Å². The third-order valence-corrected chi connectivity index (χ3v) is 3.95. The van der Waals surface area contributed by atoms with E-state index in [1.165, 1.54) is 24.0 Å². The molecule has 0 saturated heterocycles. The first kappa shape index (κ1) is 21.2. The van der Waals surface area contributed by atoms with E-state index in [2.05, 4.69) is 5.32 Å². The van der Waals surface area contributed by atoms with Gasteiger partial charge in [0.05, 0.1) is 12.1 Å². The number of anilines is 1. The number of carbonyl (C=O) groups excluding carboxylic acids is 3. The number of carbonyl (C=O) groups is 3. The third kappa shape index (κ3) is 6.92. The van der Waals surface area contributed by atoms with Crippen molar-refractivity contribution in [1.82, 2.24) is 4.90 Å². The lowest BCUT2D eigenvalue weighted by molar-refractivity contribution is -0.133. The smallest absolute Gasteiger partial charge is 0.338 e. The maximum absolute atomic E-state index is 12.1. The molecule has 0 aromatic heterocycles. The molecule has 0 aliphatic heterocycles. The molecular formula is C20H21ClN2O5. The number of amides is 2. The van der Waals surface area contributed by atoms with Crippen molar-refractivity contribution < 1.29 is 23.9 Å². The van der Waals surface area contributed by atoms with Gasteiger partial charge in [-0.15, -0.1) is 0 Å². The fourth-order valence-electron chi connectivity index (χ4n) is 2.17. The monoisotopic (exact) mass is 404 g/mol. The highest BCUT2D eigenvalue weighted by atomic mass is 35.5. The van der Waals surface area contributed by atoms with Crippen LogP contribution in [0.25, 0.3) is 0 Å². The summed E-state index contributed by atoms with van der Waals surface area (Å²) in [5, 5.41) is 3.22. The third-order valence-electron chi connectivity index (χ3n) is 3.70. The molecule has 28 heavy (non-hydrogen) atoms. The van der Waals surface area contributed by atoms with Crippen LogP contribution in [0, 0.1) is 0 Å². The molecule has 0 aliphatic rings.